The third kappa shape index (κ3) is 2.07. The zero-order valence-corrected chi connectivity index (χ0v) is 9.03. The van der Waals surface area contributed by atoms with E-state index in [1.165, 1.54) is 5.56 Å². The number of hydrogen-bond acceptors (Lipinski definition) is 3. The molecule has 0 amide bonds. The summed E-state index contributed by atoms with van der Waals surface area (Å²) in [7, 11) is 1.67. The van der Waals surface area contributed by atoms with Crippen LogP contribution in [-0.2, 0) is 6.42 Å². The number of rotatable bonds is 3. The fourth-order valence-electron chi connectivity index (χ4n) is 2.04. The maximum absolute atomic E-state index is 5.73. The van der Waals surface area contributed by atoms with Gasteiger partial charge in [0.25, 0.3) is 0 Å². The van der Waals surface area contributed by atoms with Gasteiger partial charge in [0.1, 0.15) is 0 Å². The smallest absolute Gasteiger partial charge is 0.164 e. The summed E-state index contributed by atoms with van der Waals surface area (Å²) in [5.41, 5.74) is 6.79. The van der Waals surface area contributed by atoms with Crippen LogP contribution in [0.1, 0.15) is 12.0 Å². The van der Waals surface area contributed by atoms with Crippen LogP contribution in [0.5, 0.6) is 11.5 Å². The average molecular weight is 207 g/mol. The van der Waals surface area contributed by atoms with E-state index < -0.39 is 0 Å². The molecule has 0 spiro atoms. The van der Waals surface area contributed by atoms with Crippen molar-refractivity contribution in [3.63, 3.8) is 0 Å². The van der Waals surface area contributed by atoms with Crippen molar-refractivity contribution in [2.45, 2.75) is 12.8 Å². The molecule has 1 aromatic carbocycles. The van der Waals surface area contributed by atoms with Gasteiger partial charge in [-0.1, -0.05) is 12.1 Å². The van der Waals surface area contributed by atoms with Gasteiger partial charge in [-0.2, -0.15) is 0 Å². The molecule has 1 aliphatic rings. The van der Waals surface area contributed by atoms with E-state index in [0.717, 1.165) is 37.5 Å². The van der Waals surface area contributed by atoms with Gasteiger partial charge in [-0.25, -0.2) is 0 Å². The van der Waals surface area contributed by atoms with E-state index in [-0.39, 0.29) is 0 Å². The molecule has 2 rings (SSSR count). The summed E-state index contributed by atoms with van der Waals surface area (Å²) in [6.07, 6.45) is 2.07. The van der Waals surface area contributed by atoms with Crippen LogP contribution in [0.3, 0.4) is 0 Å². The van der Waals surface area contributed by atoms with Gasteiger partial charge in [0.15, 0.2) is 11.5 Å². The predicted molar refractivity (Wildman–Crippen MR) is 59.4 cm³/mol. The number of nitrogens with two attached hydrogens (primary N) is 1. The standard InChI is InChI=1S/C12H17NO2/c1-14-11-4-2-3-10-7-9(5-6-13)8-15-12(10)11/h2-4,9H,5-8,13H2,1H3. The van der Waals surface area contributed by atoms with Crippen molar-refractivity contribution in [1.82, 2.24) is 0 Å². The van der Waals surface area contributed by atoms with Crippen LogP contribution >= 0.6 is 0 Å². The Balaban J connectivity index is 2.20. The lowest BCUT2D eigenvalue weighted by atomic mass is 9.94. The summed E-state index contributed by atoms with van der Waals surface area (Å²) < 4.78 is 11.0. The molecule has 0 bridgehead atoms. The lowest BCUT2D eigenvalue weighted by Crippen LogP contribution is -2.23. The molecule has 0 aromatic heterocycles. The molecule has 0 radical (unpaired) electrons. The fraction of sp³-hybridized carbons (Fsp3) is 0.500. The van der Waals surface area contributed by atoms with Crippen molar-refractivity contribution in [3.05, 3.63) is 23.8 Å². The largest absolute Gasteiger partial charge is 0.493 e. The molecule has 3 heteroatoms. The van der Waals surface area contributed by atoms with E-state index in [4.69, 9.17) is 15.2 Å². The molecule has 3 nitrogen and oxygen atoms in total. The molecule has 1 atom stereocenters. The Labute approximate surface area is 90.2 Å². The van der Waals surface area contributed by atoms with Crippen molar-refractivity contribution in [2.24, 2.45) is 11.7 Å². The Morgan fingerprint density at radius 2 is 2.40 bits per heavy atom. The van der Waals surface area contributed by atoms with E-state index >= 15 is 0 Å². The third-order valence-corrected chi connectivity index (χ3v) is 2.83. The Morgan fingerprint density at radius 1 is 1.53 bits per heavy atom. The predicted octanol–water partition coefficient (Wildman–Crippen LogP) is 1.60. The second-order valence-corrected chi connectivity index (χ2v) is 3.91. The zero-order chi connectivity index (χ0) is 10.7. The summed E-state index contributed by atoms with van der Waals surface area (Å²) in [6.45, 7) is 1.48. The van der Waals surface area contributed by atoms with Crippen molar-refractivity contribution in [2.75, 3.05) is 20.3 Å². The fourth-order valence-corrected chi connectivity index (χ4v) is 2.04. The van der Waals surface area contributed by atoms with E-state index in [1.54, 1.807) is 7.11 Å². The molecular formula is C12H17NO2. The Morgan fingerprint density at radius 3 is 3.13 bits per heavy atom. The Bertz CT molecular complexity index is 338. The summed E-state index contributed by atoms with van der Waals surface area (Å²) in [5.74, 6) is 2.29. The van der Waals surface area contributed by atoms with Gasteiger partial charge in [-0.05, 0) is 36.9 Å². The first kappa shape index (κ1) is 10.3. The Kier molecular flexibility index (Phi) is 3.11. The van der Waals surface area contributed by atoms with Crippen LogP contribution in [0.15, 0.2) is 18.2 Å². The molecule has 1 unspecified atom stereocenters. The summed E-state index contributed by atoms with van der Waals surface area (Å²) in [4.78, 5) is 0. The number of para-hydroxylation sites is 1. The first-order valence-corrected chi connectivity index (χ1v) is 5.34. The Hall–Kier alpha value is -1.22. The van der Waals surface area contributed by atoms with Crippen LogP contribution in [0.4, 0.5) is 0 Å². The van der Waals surface area contributed by atoms with Crippen LogP contribution in [0.25, 0.3) is 0 Å². The highest BCUT2D eigenvalue weighted by Gasteiger charge is 2.21. The third-order valence-electron chi connectivity index (χ3n) is 2.83. The zero-order valence-electron chi connectivity index (χ0n) is 9.03. The number of benzene rings is 1. The first-order chi connectivity index (χ1) is 7.35. The summed E-state index contributed by atoms with van der Waals surface area (Å²) in [6, 6.07) is 6.04. The van der Waals surface area contributed by atoms with Gasteiger partial charge in [-0.3, -0.25) is 0 Å². The maximum atomic E-state index is 5.73. The van der Waals surface area contributed by atoms with Crippen LogP contribution < -0.4 is 15.2 Å². The van der Waals surface area contributed by atoms with Gasteiger partial charge < -0.3 is 15.2 Å². The van der Waals surface area contributed by atoms with Crippen molar-refractivity contribution < 1.29 is 9.47 Å². The highest BCUT2D eigenvalue weighted by molar-refractivity contribution is 5.47. The highest BCUT2D eigenvalue weighted by atomic mass is 16.5. The minimum absolute atomic E-state index is 0.551. The normalized spacial score (nSPS) is 19.2. The molecule has 1 aromatic rings. The first-order valence-electron chi connectivity index (χ1n) is 5.34. The van der Waals surface area contributed by atoms with Gasteiger partial charge in [0.05, 0.1) is 13.7 Å². The lowest BCUT2D eigenvalue weighted by Gasteiger charge is -2.26. The van der Waals surface area contributed by atoms with Crippen LogP contribution in [0.2, 0.25) is 0 Å². The highest BCUT2D eigenvalue weighted by Crippen LogP contribution is 2.36. The molecule has 0 saturated carbocycles. The number of fused-ring (bicyclic) bond motifs is 1. The summed E-state index contributed by atoms with van der Waals surface area (Å²) >= 11 is 0. The maximum Gasteiger partial charge on any atom is 0.164 e. The number of methoxy groups -OCH3 is 1. The van der Waals surface area contributed by atoms with Crippen LogP contribution in [0, 0.1) is 5.92 Å². The van der Waals surface area contributed by atoms with Crippen molar-refractivity contribution in [1.29, 1.82) is 0 Å². The van der Waals surface area contributed by atoms with Crippen molar-refractivity contribution >= 4 is 0 Å². The molecule has 15 heavy (non-hydrogen) atoms. The number of hydrogen-bond donors (Lipinski definition) is 1. The number of ether oxygens (including phenoxy) is 2. The van der Waals surface area contributed by atoms with Crippen LogP contribution in [-0.4, -0.2) is 20.3 Å². The topological polar surface area (TPSA) is 44.5 Å². The van der Waals surface area contributed by atoms with E-state index in [2.05, 4.69) is 6.07 Å². The SMILES string of the molecule is COc1cccc2c1OCC(CCN)C2. The molecule has 1 heterocycles. The second-order valence-electron chi connectivity index (χ2n) is 3.91. The van der Waals surface area contributed by atoms with Gasteiger partial charge >= 0.3 is 0 Å². The monoisotopic (exact) mass is 207 g/mol. The molecule has 82 valence electrons. The van der Waals surface area contributed by atoms with Gasteiger partial charge in [-0.15, -0.1) is 0 Å². The average Bonchev–Trinajstić information content (AvgIpc) is 2.28. The molecular weight excluding hydrogens is 190 g/mol. The van der Waals surface area contributed by atoms with Gasteiger partial charge in [0, 0.05) is 0 Å². The molecule has 0 aliphatic carbocycles. The van der Waals surface area contributed by atoms with Gasteiger partial charge in [0.2, 0.25) is 0 Å². The second kappa shape index (κ2) is 4.53. The quantitative estimate of drug-likeness (QED) is 0.818. The minimum atomic E-state index is 0.551. The molecule has 0 fully saturated rings. The van der Waals surface area contributed by atoms with E-state index in [1.807, 2.05) is 12.1 Å². The lowest BCUT2D eigenvalue weighted by molar-refractivity contribution is 0.206. The minimum Gasteiger partial charge on any atom is -0.493 e. The van der Waals surface area contributed by atoms with E-state index in [9.17, 15) is 0 Å². The van der Waals surface area contributed by atoms with Crippen molar-refractivity contribution in [3.8, 4) is 11.5 Å². The molecule has 2 N–H and O–H groups in total. The van der Waals surface area contributed by atoms with E-state index in [0.29, 0.717) is 5.92 Å². The molecule has 0 saturated heterocycles. The molecule has 1 aliphatic heterocycles. The summed E-state index contributed by atoms with van der Waals surface area (Å²) in [5, 5.41) is 0.